The molecule has 1 aliphatic rings. The molecule has 0 unspecified atom stereocenters. The van der Waals surface area contributed by atoms with Crippen LogP contribution in [0.2, 0.25) is 0 Å². The lowest BCUT2D eigenvalue weighted by molar-refractivity contribution is -0.115. The second-order valence-electron chi connectivity index (χ2n) is 6.54. The predicted molar refractivity (Wildman–Crippen MR) is 107 cm³/mol. The van der Waals surface area contributed by atoms with Crippen molar-refractivity contribution in [2.24, 2.45) is 0 Å². The Morgan fingerprint density at radius 2 is 1.76 bits per heavy atom. The summed E-state index contributed by atoms with van der Waals surface area (Å²) in [5, 5.41) is 5.55. The second-order valence-corrected chi connectivity index (χ2v) is 7.87. The molecule has 0 radical (unpaired) electrons. The average molecular weight is 347 g/mol. The number of hydrogen-bond donors (Lipinski definition) is 1. The lowest BCUT2D eigenvalue weighted by Crippen LogP contribution is -2.22. The molecule has 0 bridgehead atoms. The molecular weight excluding hydrogens is 326 g/mol. The van der Waals surface area contributed by atoms with Crippen molar-refractivity contribution in [2.75, 3.05) is 5.32 Å². The van der Waals surface area contributed by atoms with Crippen LogP contribution in [0.3, 0.4) is 0 Å². The van der Waals surface area contributed by atoms with Crippen LogP contribution in [0.1, 0.15) is 23.6 Å². The topological polar surface area (TPSA) is 29.1 Å². The van der Waals surface area contributed by atoms with Crippen molar-refractivity contribution in [1.29, 1.82) is 0 Å². The summed E-state index contributed by atoms with van der Waals surface area (Å²) in [5.74, 6) is 0.916. The number of anilines is 1. The summed E-state index contributed by atoms with van der Waals surface area (Å²) in [7, 11) is 0. The molecule has 3 heteroatoms. The first-order valence-corrected chi connectivity index (χ1v) is 9.77. The van der Waals surface area contributed by atoms with Gasteiger partial charge in [0.05, 0.1) is 5.25 Å². The Bertz CT molecular complexity index is 910. The van der Waals surface area contributed by atoms with E-state index in [1.54, 1.807) is 11.8 Å². The molecule has 0 saturated carbocycles. The number of aryl methyl sites for hydroxylation is 2. The first-order valence-electron chi connectivity index (χ1n) is 8.72. The van der Waals surface area contributed by atoms with Gasteiger partial charge in [-0.25, -0.2) is 0 Å². The minimum atomic E-state index is -0.0942. The van der Waals surface area contributed by atoms with Gasteiger partial charge >= 0.3 is 0 Å². The zero-order valence-corrected chi connectivity index (χ0v) is 15.1. The Kier molecular flexibility index (Phi) is 4.50. The van der Waals surface area contributed by atoms with E-state index in [-0.39, 0.29) is 11.2 Å². The minimum Gasteiger partial charge on any atom is -0.325 e. The third-order valence-corrected chi connectivity index (χ3v) is 6.06. The highest BCUT2D eigenvalue weighted by molar-refractivity contribution is 7.99. The Balaban J connectivity index is 1.49. The maximum atomic E-state index is 12.6. The summed E-state index contributed by atoms with van der Waals surface area (Å²) in [6.07, 6.45) is 2.21. The molecule has 1 N–H and O–H groups in total. The monoisotopic (exact) mass is 347 g/mol. The Labute approximate surface area is 152 Å². The van der Waals surface area contributed by atoms with Crippen LogP contribution in [0.25, 0.3) is 10.8 Å². The SMILES string of the molecule is C[C@H](SCc1ccccc1)C(=O)Nc1ccc2c3c(cccc13)CC2. The summed E-state index contributed by atoms with van der Waals surface area (Å²) in [5.41, 5.74) is 4.97. The van der Waals surface area contributed by atoms with Crippen LogP contribution in [-0.4, -0.2) is 11.2 Å². The number of carbonyl (C=O) groups is 1. The number of carbonyl (C=O) groups excluding carboxylic acids is 1. The molecule has 0 spiro atoms. The molecule has 2 nitrogen and oxygen atoms in total. The average Bonchev–Trinajstić information content (AvgIpc) is 3.07. The smallest absolute Gasteiger partial charge is 0.237 e. The highest BCUT2D eigenvalue weighted by Crippen LogP contribution is 2.35. The summed E-state index contributed by atoms with van der Waals surface area (Å²) in [4.78, 5) is 12.6. The first-order chi connectivity index (χ1) is 12.2. The van der Waals surface area contributed by atoms with Gasteiger partial charge in [0.1, 0.15) is 0 Å². The van der Waals surface area contributed by atoms with E-state index in [0.29, 0.717) is 0 Å². The van der Waals surface area contributed by atoms with Crippen LogP contribution < -0.4 is 5.32 Å². The van der Waals surface area contributed by atoms with Gasteiger partial charge in [0.15, 0.2) is 0 Å². The third kappa shape index (κ3) is 3.29. The van der Waals surface area contributed by atoms with Gasteiger partial charge in [0, 0.05) is 16.8 Å². The van der Waals surface area contributed by atoms with Gasteiger partial charge in [-0.1, -0.05) is 54.6 Å². The Morgan fingerprint density at radius 1 is 1.00 bits per heavy atom. The fraction of sp³-hybridized carbons (Fsp3) is 0.227. The second kappa shape index (κ2) is 6.93. The highest BCUT2D eigenvalue weighted by atomic mass is 32.2. The summed E-state index contributed by atoms with van der Waals surface area (Å²) in [6.45, 7) is 1.98. The van der Waals surface area contributed by atoms with Gasteiger partial charge in [0.2, 0.25) is 5.91 Å². The van der Waals surface area contributed by atoms with Crippen molar-refractivity contribution >= 4 is 34.1 Å². The van der Waals surface area contributed by atoms with Gasteiger partial charge in [-0.2, -0.15) is 0 Å². The van der Waals surface area contributed by atoms with Crippen molar-refractivity contribution in [2.45, 2.75) is 30.8 Å². The van der Waals surface area contributed by atoms with Gasteiger partial charge in [-0.05, 0) is 47.9 Å². The van der Waals surface area contributed by atoms with Crippen LogP contribution in [0.5, 0.6) is 0 Å². The zero-order chi connectivity index (χ0) is 17.2. The molecule has 1 atom stereocenters. The molecule has 126 valence electrons. The molecule has 0 aromatic heterocycles. The molecule has 1 amide bonds. The number of rotatable bonds is 5. The molecule has 0 heterocycles. The maximum absolute atomic E-state index is 12.6. The van der Waals surface area contributed by atoms with E-state index in [1.165, 1.54) is 27.5 Å². The molecule has 25 heavy (non-hydrogen) atoms. The summed E-state index contributed by atoms with van der Waals surface area (Å²) >= 11 is 1.67. The molecule has 4 rings (SSSR count). The van der Waals surface area contributed by atoms with Crippen LogP contribution in [0, 0.1) is 0 Å². The lowest BCUT2D eigenvalue weighted by atomic mass is 10.0. The predicted octanol–water partition coefficient (Wildman–Crippen LogP) is 5.20. The molecule has 1 aliphatic carbocycles. The molecule has 0 saturated heterocycles. The van der Waals surface area contributed by atoms with Gasteiger partial charge in [-0.15, -0.1) is 11.8 Å². The number of hydrogen-bond acceptors (Lipinski definition) is 2. The normalized spacial score (nSPS) is 13.8. The van der Waals surface area contributed by atoms with Gasteiger partial charge in [-0.3, -0.25) is 4.79 Å². The van der Waals surface area contributed by atoms with E-state index in [4.69, 9.17) is 0 Å². The van der Waals surface area contributed by atoms with Crippen molar-refractivity contribution in [3.05, 3.63) is 77.4 Å². The van der Waals surface area contributed by atoms with E-state index in [1.807, 2.05) is 25.1 Å². The van der Waals surface area contributed by atoms with E-state index in [9.17, 15) is 4.79 Å². The lowest BCUT2D eigenvalue weighted by Gasteiger charge is -2.14. The molecule has 0 fully saturated rings. The molecule has 0 aliphatic heterocycles. The largest absolute Gasteiger partial charge is 0.325 e. The van der Waals surface area contributed by atoms with Crippen molar-refractivity contribution in [3.8, 4) is 0 Å². The Morgan fingerprint density at radius 3 is 2.56 bits per heavy atom. The first kappa shape index (κ1) is 16.2. The van der Waals surface area contributed by atoms with E-state index in [0.717, 1.165) is 24.3 Å². The van der Waals surface area contributed by atoms with Gasteiger partial charge in [0.25, 0.3) is 0 Å². The third-order valence-electron chi connectivity index (χ3n) is 4.85. The fourth-order valence-electron chi connectivity index (χ4n) is 3.46. The summed E-state index contributed by atoms with van der Waals surface area (Å²) < 4.78 is 0. The van der Waals surface area contributed by atoms with Crippen LogP contribution in [0.4, 0.5) is 5.69 Å². The quantitative estimate of drug-likeness (QED) is 0.687. The number of nitrogens with one attached hydrogen (secondary N) is 1. The van der Waals surface area contributed by atoms with E-state index in [2.05, 4.69) is 47.8 Å². The standard InChI is InChI=1S/C22H21NOS/c1-15(25-14-16-6-3-2-4-7-16)22(24)23-20-13-12-18-11-10-17-8-5-9-19(20)21(17)18/h2-9,12-13,15H,10-11,14H2,1H3,(H,23,24)/t15-/m0/s1. The van der Waals surface area contributed by atoms with Crippen LogP contribution >= 0.6 is 11.8 Å². The van der Waals surface area contributed by atoms with E-state index < -0.39 is 0 Å². The summed E-state index contributed by atoms with van der Waals surface area (Å²) in [6, 6.07) is 20.9. The number of benzene rings is 3. The van der Waals surface area contributed by atoms with Crippen molar-refractivity contribution < 1.29 is 4.79 Å². The maximum Gasteiger partial charge on any atom is 0.237 e. The van der Waals surface area contributed by atoms with Crippen LogP contribution in [0.15, 0.2) is 60.7 Å². The van der Waals surface area contributed by atoms with Gasteiger partial charge < -0.3 is 5.32 Å². The van der Waals surface area contributed by atoms with Crippen molar-refractivity contribution in [1.82, 2.24) is 0 Å². The highest BCUT2D eigenvalue weighted by Gasteiger charge is 2.18. The number of thioether (sulfide) groups is 1. The van der Waals surface area contributed by atoms with Crippen LogP contribution in [-0.2, 0) is 23.4 Å². The Hall–Kier alpha value is -2.26. The zero-order valence-electron chi connectivity index (χ0n) is 14.3. The molecule has 3 aromatic carbocycles. The molecular formula is C22H21NOS. The minimum absolute atomic E-state index is 0.0691. The van der Waals surface area contributed by atoms with E-state index >= 15 is 0 Å². The fourth-order valence-corrected chi connectivity index (χ4v) is 4.31. The molecule has 3 aromatic rings. The van der Waals surface area contributed by atoms with Crippen molar-refractivity contribution in [3.63, 3.8) is 0 Å². The number of amides is 1.